The Kier molecular flexibility index (Phi) is 5.49. The molecule has 4 aromatic rings. The molecule has 0 fully saturated rings. The zero-order chi connectivity index (χ0) is 19.2. The van der Waals surface area contributed by atoms with E-state index in [0.29, 0.717) is 10.9 Å². The SMILES string of the molecule is O=C(CSc1nnc(-c2ccccc2)n1-c1ccccc1)Oc1ccccc1. The maximum absolute atomic E-state index is 12.2. The number of benzene rings is 3. The highest BCUT2D eigenvalue weighted by Crippen LogP contribution is 2.28. The van der Waals surface area contributed by atoms with Crippen molar-refractivity contribution in [3.8, 4) is 22.8 Å². The van der Waals surface area contributed by atoms with Crippen LogP contribution in [0.3, 0.4) is 0 Å². The van der Waals surface area contributed by atoms with E-state index in [1.54, 1.807) is 12.1 Å². The van der Waals surface area contributed by atoms with Gasteiger partial charge in [-0.1, -0.05) is 78.5 Å². The molecular formula is C22H17N3O2S. The Labute approximate surface area is 167 Å². The van der Waals surface area contributed by atoms with Gasteiger partial charge in [-0.05, 0) is 24.3 Å². The van der Waals surface area contributed by atoms with Crippen molar-refractivity contribution in [2.24, 2.45) is 0 Å². The molecule has 0 atom stereocenters. The highest BCUT2D eigenvalue weighted by Gasteiger charge is 2.17. The summed E-state index contributed by atoms with van der Waals surface area (Å²) in [5.74, 6) is 1.06. The first-order chi connectivity index (χ1) is 13.8. The van der Waals surface area contributed by atoms with Crippen molar-refractivity contribution >= 4 is 17.7 Å². The molecule has 0 N–H and O–H groups in total. The summed E-state index contributed by atoms with van der Waals surface area (Å²) in [6.07, 6.45) is 0. The van der Waals surface area contributed by atoms with Crippen LogP contribution in [0.1, 0.15) is 0 Å². The molecule has 138 valence electrons. The zero-order valence-corrected chi connectivity index (χ0v) is 15.8. The molecule has 1 heterocycles. The van der Waals surface area contributed by atoms with Crippen LogP contribution in [0.2, 0.25) is 0 Å². The average molecular weight is 387 g/mol. The van der Waals surface area contributed by atoms with Crippen LogP contribution in [0.15, 0.2) is 96.2 Å². The van der Waals surface area contributed by atoms with Gasteiger partial charge in [-0.3, -0.25) is 9.36 Å². The fourth-order valence-electron chi connectivity index (χ4n) is 2.72. The van der Waals surface area contributed by atoms with Gasteiger partial charge in [-0.25, -0.2) is 0 Å². The lowest BCUT2D eigenvalue weighted by Gasteiger charge is -2.10. The minimum absolute atomic E-state index is 0.134. The summed E-state index contributed by atoms with van der Waals surface area (Å²) in [4.78, 5) is 12.2. The van der Waals surface area contributed by atoms with Crippen LogP contribution in [0.4, 0.5) is 0 Å². The van der Waals surface area contributed by atoms with E-state index >= 15 is 0 Å². The molecule has 28 heavy (non-hydrogen) atoms. The normalized spacial score (nSPS) is 10.6. The first-order valence-corrected chi connectivity index (χ1v) is 9.74. The molecule has 1 aromatic heterocycles. The van der Waals surface area contributed by atoms with E-state index in [0.717, 1.165) is 17.1 Å². The van der Waals surface area contributed by atoms with Crippen molar-refractivity contribution in [2.75, 3.05) is 5.75 Å². The van der Waals surface area contributed by atoms with E-state index in [2.05, 4.69) is 10.2 Å². The topological polar surface area (TPSA) is 57.0 Å². The monoisotopic (exact) mass is 387 g/mol. The Morgan fingerprint density at radius 1 is 0.821 bits per heavy atom. The van der Waals surface area contributed by atoms with Crippen molar-refractivity contribution in [3.63, 3.8) is 0 Å². The smallest absolute Gasteiger partial charge is 0.321 e. The number of nitrogens with zero attached hydrogens (tertiary/aromatic N) is 3. The molecule has 0 aliphatic heterocycles. The number of rotatable bonds is 6. The highest BCUT2D eigenvalue weighted by molar-refractivity contribution is 7.99. The van der Waals surface area contributed by atoms with Crippen LogP contribution < -0.4 is 4.74 Å². The average Bonchev–Trinajstić information content (AvgIpc) is 3.18. The van der Waals surface area contributed by atoms with Crippen molar-refractivity contribution in [3.05, 3.63) is 91.0 Å². The molecule has 0 spiro atoms. The number of hydrogen-bond donors (Lipinski definition) is 0. The number of ether oxygens (including phenoxy) is 1. The van der Waals surface area contributed by atoms with Crippen molar-refractivity contribution in [2.45, 2.75) is 5.16 Å². The molecule has 0 unspecified atom stereocenters. The summed E-state index contributed by atoms with van der Waals surface area (Å²) in [7, 11) is 0. The van der Waals surface area contributed by atoms with E-state index in [-0.39, 0.29) is 11.7 Å². The summed E-state index contributed by atoms with van der Waals surface area (Å²) in [6.45, 7) is 0. The summed E-state index contributed by atoms with van der Waals surface area (Å²) >= 11 is 1.30. The lowest BCUT2D eigenvalue weighted by molar-refractivity contribution is -0.131. The quantitative estimate of drug-likeness (QED) is 0.274. The number of thioether (sulfide) groups is 1. The molecule has 4 rings (SSSR count). The van der Waals surface area contributed by atoms with E-state index in [1.807, 2.05) is 83.4 Å². The van der Waals surface area contributed by atoms with Gasteiger partial charge in [-0.15, -0.1) is 10.2 Å². The van der Waals surface area contributed by atoms with Crippen LogP contribution in [0.25, 0.3) is 17.1 Å². The highest BCUT2D eigenvalue weighted by atomic mass is 32.2. The summed E-state index contributed by atoms with van der Waals surface area (Å²) in [5.41, 5.74) is 1.89. The van der Waals surface area contributed by atoms with Crippen LogP contribution in [-0.4, -0.2) is 26.5 Å². The zero-order valence-electron chi connectivity index (χ0n) is 14.9. The third kappa shape index (κ3) is 4.13. The fraction of sp³-hybridized carbons (Fsp3) is 0.0455. The summed E-state index contributed by atoms with van der Waals surface area (Å²) in [5, 5.41) is 9.32. The van der Waals surface area contributed by atoms with Crippen molar-refractivity contribution < 1.29 is 9.53 Å². The number of para-hydroxylation sites is 2. The Morgan fingerprint density at radius 3 is 2.11 bits per heavy atom. The largest absolute Gasteiger partial charge is 0.426 e. The second-order valence-corrected chi connectivity index (χ2v) is 6.86. The maximum Gasteiger partial charge on any atom is 0.321 e. The fourth-order valence-corrected chi connectivity index (χ4v) is 3.45. The standard InChI is InChI=1S/C22H17N3O2S/c26-20(27-19-14-8-3-9-15-19)16-28-22-24-23-21(17-10-4-1-5-11-17)25(22)18-12-6-2-7-13-18/h1-15H,16H2. The molecule has 0 amide bonds. The van der Waals surface area contributed by atoms with Gasteiger partial charge < -0.3 is 4.74 Å². The first kappa shape index (κ1) is 18.0. The molecule has 0 saturated carbocycles. The van der Waals surface area contributed by atoms with Gasteiger partial charge in [0, 0.05) is 11.3 Å². The summed E-state index contributed by atoms with van der Waals surface area (Å²) in [6, 6.07) is 28.7. The van der Waals surface area contributed by atoms with E-state index in [1.165, 1.54) is 11.8 Å². The minimum Gasteiger partial charge on any atom is -0.426 e. The number of hydrogen-bond acceptors (Lipinski definition) is 5. The van der Waals surface area contributed by atoms with Crippen LogP contribution in [0.5, 0.6) is 5.75 Å². The number of esters is 1. The molecule has 5 nitrogen and oxygen atoms in total. The molecule has 0 aliphatic rings. The van der Waals surface area contributed by atoms with Gasteiger partial charge >= 0.3 is 5.97 Å². The minimum atomic E-state index is -0.333. The predicted octanol–water partition coefficient (Wildman–Crippen LogP) is 4.63. The molecule has 0 saturated heterocycles. The van der Waals surface area contributed by atoms with E-state index < -0.39 is 0 Å². The van der Waals surface area contributed by atoms with Crippen LogP contribution in [0, 0.1) is 0 Å². The third-order valence-electron chi connectivity index (χ3n) is 3.97. The molecule has 3 aromatic carbocycles. The van der Waals surface area contributed by atoms with Gasteiger partial charge in [0.05, 0.1) is 5.75 Å². The lowest BCUT2D eigenvalue weighted by Crippen LogP contribution is -2.11. The number of aromatic nitrogens is 3. The third-order valence-corrected chi connectivity index (χ3v) is 4.88. The Balaban J connectivity index is 1.59. The molecular weight excluding hydrogens is 370 g/mol. The van der Waals surface area contributed by atoms with Gasteiger partial charge in [0.15, 0.2) is 11.0 Å². The Hall–Kier alpha value is -3.38. The van der Waals surface area contributed by atoms with Gasteiger partial charge in [0.25, 0.3) is 0 Å². The predicted molar refractivity (Wildman–Crippen MR) is 110 cm³/mol. The van der Waals surface area contributed by atoms with Crippen LogP contribution in [-0.2, 0) is 4.79 Å². The first-order valence-electron chi connectivity index (χ1n) is 8.76. The van der Waals surface area contributed by atoms with Crippen LogP contribution >= 0.6 is 11.8 Å². The molecule has 0 radical (unpaired) electrons. The van der Waals surface area contributed by atoms with Crippen molar-refractivity contribution in [1.29, 1.82) is 0 Å². The second-order valence-electron chi connectivity index (χ2n) is 5.92. The van der Waals surface area contributed by atoms with Gasteiger partial charge in [0.2, 0.25) is 0 Å². The second kappa shape index (κ2) is 8.54. The number of carbonyl (C=O) groups is 1. The molecule has 0 bridgehead atoms. The van der Waals surface area contributed by atoms with Crippen molar-refractivity contribution in [1.82, 2.24) is 14.8 Å². The molecule has 6 heteroatoms. The lowest BCUT2D eigenvalue weighted by atomic mass is 10.2. The summed E-state index contributed by atoms with van der Waals surface area (Å²) < 4.78 is 7.31. The van der Waals surface area contributed by atoms with Gasteiger partial charge in [-0.2, -0.15) is 0 Å². The van der Waals surface area contributed by atoms with E-state index in [4.69, 9.17) is 4.74 Å². The maximum atomic E-state index is 12.2. The van der Waals surface area contributed by atoms with E-state index in [9.17, 15) is 4.79 Å². The van der Waals surface area contributed by atoms with Gasteiger partial charge in [0.1, 0.15) is 5.75 Å². The number of carbonyl (C=O) groups excluding carboxylic acids is 1. The Morgan fingerprint density at radius 2 is 1.43 bits per heavy atom. The Bertz CT molecular complexity index is 1050. The molecule has 0 aliphatic carbocycles.